The molecule has 2 N–H and O–H groups in total. The third-order valence-electron chi connectivity index (χ3n) is 2.02. The molecule has 1 aromatic heterocycles. The van der Waals surface area contributed by atoms with Crippen molar-refractivity contribution in [2.24, 2.45) is 0 Å². The van der Waals surface area contributed by atoms with Crippen molar-refractivity contribution in [1.29, 1.82) is 0 Å². The Morgan fingerprint density at radius 2 is 2.27 bits per heavy atom. The molecular weight excluding hydrogens is 140 g/mol. The Bertz CT molecular complexity index is 242. The second-order valence-electron chi connectivity index (χ2n) is 2.89. The molecule has 0 amide bonds. The Balaban J connectivity index is 2.94. The van der Waals surface area contributed by atoms with Gasteiger partial charge in [-0.1, -0.05) is 13.8 Å². The van der Waals surface area contributed by atoms with Crippen molar-refractivity contribution in [2.75, 3.05) is 0 Å². The number of H-pyrrole nitrogens is 1. The molecule has 1 unspecified atom stereocenters. The molecular formula is C8H14N2O. The van der Waals surface area contributed by atoms with E-state index >= 15 is 0 Å². The summed E-state index contributed by atoms with van der Waals surface area (Å²) < 4.78 is 0. The summed E-state index contributed by atoms with van der Waals surface area (Å²) in [5.41, 5.74) is 1.53. The fourth-order valence-electron chi connectivity index (χ4n) is 0.979. The van der Waals surface area contributed by atoms with Gasteiger partial charge in [0.2, 0.25) is 0 Å². The second kappa shape index (κ2) is 2.95. The Kier molecular flexibility index (Phi) is 2.17. The van der Waals surface area contributed by atoms with Gasteiger partial charge in [-0.15, -0.1) is 0 Å². The van der Waals surface area contributed by atoms with Crippen molar-refractivity contribution in [2.45, 2.75) is 33.1 Å². The summed E-state index contributed by atoms with van der Waals surface area (Å²) in [7, 11) is 0. The summed E-state index contributed by atoms with van der Waals surface area (Å²) in [6.45, 7) is 5.94. The number of nitrogens with one attached hydrogen (secondary N) is 1. The number of aromatic nitrogens is 2. The number of aromatic hydroxyl groups is 1. The summed E-state index contributed by atoms with van der Waals surface area (Å²) in [5, 5.41) is 16.2. The van der Waals surface area contributed by atoms with E-state index in [4.69, 9.17) is 0 Å². The van der Waals surface area contributed by atoms with E-state index in [0.29, 0.717) is 11.7 Å². The lowest BCUT2D eigenvalue weighted by Crippen LogP contribution is -1.91. The number of hydrogen-bond donors (Lipinski definition) is 2. The van der Waals surface area contributed by atoms with Gasteiger partial charge in [0.1, 0.15) is 5.69 Å². The molecule has 0 fully saturated rings. The van der Waals surface area contributed by atoms with Crippen molar-refractivity contribution in [3.63, 3.8) is 0 Å². The molecule has 0 aliphatic carbocycles. The molecule has 1 rings (SSSR count). The van der Waals surface area contributed by atoms with Crippen LogP contribution in [-0.2, 0) is 0 Å². The normalized spacial score (nSPS) is 13.4. The second-order valence-corrected chi connectivity index (χ2v) is 2.89. The monoisotopic (exact) mass is 154 g/mol. The maximum atomic E-state index is 9.45. The first-order chi connectivity index (χ1) is 5.16. The van der Waals surface area contributed by atoms with Crippen LogP contribution in [0.5, 0.6) is 5.75 Å². The minimum atomic E-state index is 0.319. The molecule has 0 aromatic carbocycles. The number of rotatable bonds is 2. The van der Waals surface area contributed by atoms with Crippen molar-refractivity contribution >= 4 is 0 Å². The van der Waals surface area contributed by atoms with E-state index in [1.165, 1.54) is 0 Å². The largest absolute Gasteiger partial charge is 0.504 e. The van der Waals surface area contributed by atoms with Crippen LogP contribution in [0.2, 0.25) is 0 Å². The Labute approximate surface area is 66.4 Å². The third-order valence-corrected chi connectivity index (χ3v) is 2.02. The Hall–Kier alpha value is -0.990. The van der Waals surface area contributed by atoms with Crippen LogP contribution >= 0.6 is 0 Å². The summed E-state index contributed by atoms with van der Waals surface area (Å²) in [5.74, 6) is 0.652. The van der Waals surface area contributed by atoms with E-state index in [-0.39, 0.29) is 0 Å². The van der Waals surface area contributed by atoms with Gasteiger partial charge < -0.3 is 5.11 Å². The van der Waals surface area contributed by atoms with Gasteiger partial charge in [-0.05, 0) is 13.3 Å². The highest BCUT2D eigenvalue weighted by atomic mass is 16.3. The molecule has 3 heteroatoms. The van der Waals surface area contributed by atoms with Crippen molar-refractivity contribution < 1.29 is 5.11 Å². The van der Waals surface area contributed by atoms with Crippen LogP contribution in [0.15, 0.2) is 0 Å². The summed E-state index contributed by atoms with van der Waals surface area (Å²) in [6, 6.07) is 0. The summed E-state index contributed by atoms with van der Waals surface area (Å²) in [6.07, 6.45) is 0.998. The van der Waals surface area contributed by atoms with Crippen LogP contribution < -0.4 is 0 Å². The quantitative estimate of drug-likeness (QED) is 0.683. The SMILES string of the molecule is CCC(C)c1n[nH]c(C)c1O. The molecule has 0 bridgehead atoms. The van der Waals surface area contributed by atoms with Crippen LogP contribution in [-0.4, -0.2) is 15.3 Å². The van der Waals surface area contributed by atoms with Crippen LogP contribution in [0.4, 0.5) is 0 Å². The molecule has 0 aliphatic heterocycles. The maximum absolute atomic E-state index is 9.45. The van der Waals surface area contributed by atoms with E-state index in [2.05, 4.69) is 24.0 Å². The topological polar surface area (TPSA) is 48.9 Å². The van der Waals surface area contributed by atoms with Crippen LogP contribution in [0, 0.1) is 6.92 Å². The lowest BCUT2D eigenvalue weighted by atomic mass is 10.0. The lowest BCUT2D eigenvalue weighted by molar-refractivity contribution is 0.458. The van der Waals surface area contributed by atoms with Crippen molar-refractivity contribution in [3.8, 4) is 5.75 Å². The molecule has 0 spiro atoms. The smallest absolute Gasteiger partial charge is 0.159 e. The fraction of sp³-hybridized carbons (Fsp3) is 0.625. The van der Waals surface area contributed by atoms with E-state index in [0.717, 1.165) is 17.8 Å². The van der Waals surface area contributed by atoms with Crippen molar-refractivity contribution in [1.82, 2.24) is 10.2 Å². The molecule has 0 saturated carbocycles. The number of hydrogen-bond acceptors (Lipinski definition) is 2. The average Bonchev–Trinajstić information content (AvgIpc) is 2.32. The highest BCUT2D eigenvalue weighted by molar-refractivity contribution is 5.32. The van der Waals surface area contributed by atoms with Crippen molar-refractivity contribution in [3.05, 3.63) is 11.4 Å². The number of nitrogens with zero attached hydrogens (tertiary/aromatic N) is 1. The zero-order valence-corrected chi connectivity index (χ0v) is 7.18. The van der Waals surface area contributed by atoms with Crippen LogP contribution in [0.1, 0.15) is 37.6 Å². The van der Waals surface area contributed by atoms with E-state index < -0.39 is 0 Å². The van der Waals surface area contributed by atoms with E-state index in [1.54, 1.807) is 0 Å². The van der Waals surface area contributed by atoms with Gasteiger partial charge in [0.25, 0.3) is 0 Å². The Morgan fingerprint density at radius 1 is 1.64 bits per heavy atom. The van der Waals surface area contributed by atoms with Gasteiger partial charge in [0.05, 0.1) is 5.69 Å². The van der Waals surface area contributed by atoms with Gasteiger partial charge in [0.15, 0.2) is 5.75 Å². The molecule has 3 nitrogen and oxygen atoms in total. The van der Waals surface area contributed by atoms with Crippen LogP contribution in [0.3, 0.4) is 0 Å². The number of aryl methyl sites for hydroxylation is 1. The minimum absolute atomic E-state index is 0.319. The molecule has 62 valence electrons. The predicted molar refractivity (Wildman–Crippen MR) is 43.7 cm³/mol. The van der Waals surface area contributed by atoms with Gasteiger partial charge in [-0.25, -0.2) is 0 Å². The molecule has 11 heavy (non-hydrogen) atoms. The number of aromatic amines is 1. The minimum Gasteiger partial charge on any atom is -0.504 e. The van der Waals surface area contributed by atoms with E-state index in [1.807, 2.05) is 6.92 Å². The third kappa shape index (κ3) is 1.37. The summed E-state index contributed by atoms with van der Waals surface area (Å²) in [4.78, 5) is 0. The fourth-order valence-corrected chi connectivity index (χ4v) is 0.979. The van der Waals surface area contributed by atoms with Gasteiger partial charge in [-0.3, -0.25) is 5.10 Å². The zero-order valence-electron chi connectivity index (χ0n) is 7.18. The molecule has 0 aliphatic rings. The summed E-state index contributed by atoms with van der Waals surface area (Å²) >= 11 is 0. The Morgan fingerprint density at radius 3 is 2.64 bits per heavy atom. The first-order valence-electron chi connectivity index (χ1n) is 3.90. The standard InChI is InChI=1S/C8H14N2O/c1-4-5(2)7-8(11)6(3)9-10-7/h5,11H,4H2,1-3H3,(H,9,10). The molecule has 0 saturated heterocycles. The van der Waals surface area contributed by atoms with Gasteiger partial charge in [-0.2, -0.15) is 5.10 Å². The molecule has 1 atom stereocenters. The predicted octanol–water partition coefficient (Wildman–Crippen LogP) is 1.94. The lowest BCUT2D eigenvalue weighted by Gasteiger charge is -2.03. The first kappa shape index (κ1) is 8.11. The van der Waals surface area contributed by atoms with Crippen LogP contribution in [0.25, 0.3) is 0 Å². The average molecular weight is 154 g/mol. The zero-order chi connectivity index (χ0) is 8.43. The molecule has 1 heterocycles. The van der Waals surface area contributed by atoms with Gasteiger partial charge in [0, 0.05) is 5.92 Å². The first-order valence-corrected chi connectivity index (χ1v) is 3.90. The van der Waals surface area contributed by atoms with E-state index in [9.17, 15) is 5.11 Å². The highest BCUT2D eigenvalue weighted by Crippen LogP contribution is 2.27. The highest BCUT2D eigenvalue weighted by Gasteiger charge is 2.13. The maximum Gasteiger partial charge on any atom is 0.159 e. The molecule has 1 aromatic rings. The molecule has 0 radical (unpaired) electrons. The van der Waals surface area contributed by atoms with Gasteiger partial charge >= 0.3 is 0 Å².